The van der Waals surface area contributed by atoms with Crippen LogP contribution in [0, 0.1) is 6.92 Å². The van der Waals surface area contributed by atoms with Gasteiger partial charge in [0.15, 0.2) is 5.82 Å². The fourth-order valence-corrected chi connectivity index (χ4v) is 4.13. The number of rotatable bonds is 3. The van der Waals surface area contributed by atoms with Crippen molar-refractivity contribution in [2.75, 3.05) is 43.1 Å². The van der Waals surface area contributed by atoms with Gasteiger partial charge in [0.2, 0.25) is 0 Å². The highest BCUT2D eigenvalue weighted by Crippen LogP contribution is 2.32. The van der Waals surface area contributed by atoms with Gasteiger partial charge in [-0.3, -0.25) is 0 Å². The fraction of sp³-hybridized carbons (Fsp3) is 0.273. The molecular formula is C22H23N5O. The molecule has 142 valence electrons. The van der Waals surface area contributed by atoms with Crippen molar-refractivity contribution in [3.8, 4) is 5.75 Å². The molecule has 28 heavy (non-hydrogen) atoms. The summed E-state index contributed by atoms with van der Waals surface area (Å²) in [5.74, 6) is 1.89. The van der Waals surface area contributed by atoms with Crippen molar-refractivity contribution in [2.45, 2.75) is 6.92 Å². The monoisotopic (exact) mass is 373 g/mol. The Labute approximate surface area is 163 Å². The third-order valence-electron chi connectivity index (χ3n) is 5.59. The SMILES string of the molecule is COc1cccc(N2CCN(c3ncnc4c3[nH]c3cccc(C)c34)CC2)c1. The van der Waals surface area contributed by atoms with Crippen molar-refractivity contribution in [3.05, 3.63) is 54.4 Å². The number of benzene rings is 2. The first-order valence-electron chi connectivity index (χ1n) is 9.60. The molecule has 3 heterocycles. The molecule has 2 aromatic heterocycles. The number of ether oxygens (including phenoxy) is 1. The largest absolute Gasteiger partial charge is 0.497 e. The standard InChI is InChI=1S/C22H23N5O/c1-15-5-3-8-18-19(15)20-21(25-18)22(24-14-23-20)27-11-9-26(10-12-27)16-6-4-7-17(13-16)28-2/h3-8,13-14,25H,9-12H2,1-2H3. The van der Waals surface area contributed by atoms with E-state index in [1.165, 1.54) is 16.6 Å². The molecule has 2 aromatic carbocycles. The van der Waals surface area contributed by atoms with Crippen LogP contribution in [0.3, 0.4) is 0 Å². The van der Waals surface area contributed by atoms with Crippen LogP contribution in [0.5, 0.6) is 5.75 Å². The molecule has 0 saturated carbocycles. The number of methoxy groups -OCH3 is 1. The van der Waals surface area contributed by atoms with Crippen LogP contribution in [-0.2, 0) is 0 Å². The minimum absolute atomic E-state index is 0.894. The Bertz CT molecular complexity index is 1140. The third-order valence-corrected chi connectivity index (χ3v) is 5.59. The number of nitrogens with zero attached hydrogens (tertiary/aromatic N) is 4. The predicted molar refractivity (Wildman–Crippen MR) is 114 cm³/mol. The van der Waals surface area contributed by atoms with Crippen LogP contribution in [0.1, 0.15) is 5.56 Å². The first kappa shape index (κ1) is 16.9. The summed E-state index contributed by atoms with van der Waals surface area (Å²) in [6, 6.07) is 14.6. The van der Waals surface area contributed by atoms with Gasteiger partial charge < -0.3 is 19.5 Å². The molecule has 1 aliphatic heterocycles. The van der Waals surface area contributed by atoms with E-state index < -0.39 is 0 Å². The van der Waals surface area contributed by atoms with Crippen LogP contribution in [-0.4, -0.2) is 48.2 Å². The highest BCUT2D eigenvalue weighted by Gasteiger charge is 2.22. The second-order valence-electron chi connectivity index (χ2n) is 7.22. The highest BCUT2D eigenvalue weighted by atomic mass is 16.5. The molecule has 0 spiro atoms. The lowest BCUT2D eigenvalue weighted by Gasteiger charge is -2.36. The van der Waals surface area contributed by atoms with E-state index in [1.807, 2.05) is 12.1 Å². The van der Waals surface area contributed by atoms with Gasteiger partial charge in [0.1, 0.15) is 23.1 Å². The Morgan fingerprint density at radius 3 is 2.57 bits per heavy atom. The molecule has 5 rings (SSSR count). The molecule has 1 aliphatic rings. The maximum atomic E-state index is 5.36. The molecule has 1 N–H and O–H groups in total. The van der Waals surface area contributed by atoms with Gasteiger partial charge in [-0.05, 0) is 30.7 Å². The van der Waals surface area contributed by atoms with E-state index >= 15 is 0 Å². The second kappa shape index (κ2) is 6.71. The van der Waals surface area contributed by atoms with E-state index in [0.29, 0.717) is 0 Å². The van der Waals surface area contributed by atoms with Gasteiger partial charge in [-0.15, -0.1) is 0 Å². The van der Waals surface area contributed by atoms with Crippen LogP contribution in [0.2, 0.25) is 0 Å². The smallest absolute Gasteiger partial charge is 0.156 e. The number of fused-ring (bicyclic) bond motifs is 3. The summed E-state index contributed by atoms with van der Waals surface area (Å²) < 4.78 is 5.36. The maximum Gasteiger partial charge on any atom is 0.156 e. The van der Waals surface area contributed by atoms with E-state index in [0.717, 1.165) is 54.3 Å². The third kappa shape index (κ3) is 2.72. The molecule has 1 saturated heterocycles. The molecule has 0 atom stereocenters. The van der Waals surface area contributed by atoms with E-state index in [2.05, 4.69) is 62.0 Å². The Morgan fingerprint density at radius 2 is 1.75 bits per heavy atom. The van der Waals surface area contributed by atoms with Crippen LogP contribution in [0.4, 0.5) is 11.5 Å². The van der Waals surface area contributed by atoms with Gasteiger partial charge in [-0.25, -0.2) is 9.97 Å². The van der Waals surface area contributed by atoms with E-state index in [1.54, 1.807) is 13.4 Å². The predicted octanol–water partition coefficient (Wildman–Crippen LogP) is 3.75. The number of hydrogen-bond acceptors (Lipinski definition) is 5. The molecule has 6 nitrogen and oxygen atoms in total. The molecular weight excluding hydrogens is 350 g/mol. The zero-order valence-electron chi connectivity index (χ0n) is 16.1. The number of anilines is 2. The summed E-state index contributed by atoms with van der Waals surface area (Å²) in [6.45, 7) is 5.84. The summed E-state index contributed by atoms with van der Waals surface area (Å²) in [7, 11) is 1.71. The Hall–Kier alpha value is -3.28. The van der Waals surface area contributed by atoms with Gasteiger partial charge >= 0.3 is 0 Å². The molecule has 0 radical (unpaired) electrons. The minimum Gasteiger partial charge on any atom is -0.497 e. The van der Waals surface area contributed by atoms with Crippen LogP contribution >= 0.6 is 0 Å². The minimum atomic E-state index is 0.894. The summed E-state index contributed by atoms with van der Waals surface area (Å²) in [4.78, 5) is 17.5. The van der Waals surface area contributed by atoms with Gasteiger partial charge in [-0.1, -0.05) is 18.2 Å². The topological polar surface area (TPSA) is 57.3 Å². The lowest BCUT2D eigenvalue weighted by molar-refractivity contribution is 0.414. The molecule has 0 bridgehead atoms. The number of aryl methyl sites for hydroxylation is 1. The van der Waals surface area contributed by atoms with Gasteiger partial charge in [0.05, 0.1) is 7.11 Å². The van der Waals surface area contributed by atoms with E-state index in [4.69, 9.17) is 4.74 Å². The van der Waals surface area contributed by atoms with E-state index in [9.17, 15) is 0 Å². The molecule has 6 heteroatoms. The first-order chi connectivity index (χ1) is 13.7. The quantitative estimate of drug-likeness (QED) is 0.593. The van der Waals surface area contributed by atoms with Crippen molar-refractivity contribution in [2.24, 2.45) is 0 Å². The number of hydrogen-bond donors (Lipinski definition) is 1. The maximum absolute atomic E-state index is 5.36. The Kier molecular flexibility index (Phi) is 4.04. The highest BCUT2D eigenvalue weighted by molar-refractivity contribution is 6.09. The van der Waals surface area contributed by atoms with Crippen LogP contribution in [0.25, 0.3) is 21.9 Å². The van der Waals surface area contributed by atoms with Gasteiger partial charge in [0.25, 0.3) is 0 Å². The summed E-state index contributed by atoms with van der Waals surface area (Å²) >= 11 is 0. The van der Waals surface area contributed by atoms with Crippen LogP contribution in [0.15, 0.2) is 48.8 Å². The second-order valence-corrected chi connectivity index (χ2v) is 7.22. The molecule has 0 unspecified atom stereocenters. The van der Waals surface area contributed by atoms with E-state index in [-0.39, 0.29) is 0 Å². The van der Waals surface area contributed by atoms with Crippen LogP contribution < -0.4 is 14.5 Å². The average molecular weight is 373 g/mol. The zero-order chi connectivity index (χ0) is 19.1. The summed E-state index contributed by atoms with van der Waals surface area (Å²) in [5.41, 5.74) is 5.59. The lowest BCUT2D eigenvalue weighted by atomic mass is 10.1. The number of H-pyrrole nitrogens is 1. The average Bonchev–Trinajstić information content (AvgIpc) is 3.14. The zero-order valence-corrected chi connectivity index (χ0v) is 16.1. The molecule has 1 fully saturated rings. The van der Waals surface area contributed by atoms with Gasteiger partial charge in [0, 0.05) is 48.8 Å². The van der Waals surface area contributed by atoms with Gasteiger partial charge in [-0.2, -0.15) is 0 Å². The molecule has 0 aliphatic carbocycles. The van der Waals surface area contributed by atoms with Crippen molar-refractivity contribution in [1.29, 1.82) is 0 Å². The number of nitrogens with one attached hydrogen (secondary N) is 1. The Morgan fingerprint density at radius 1 is 0.964 bits per heavy atom. The first-order valence-corrected chi connectivity index (χ1v) is 9.60. The van der Waals surface area contributed by atoms with Crippen molar-refractivity contribution in [3.63, 3.8) is 0 Å². The van der Waals surface area contributed by atoms with Crippen molar-refractivity contribution < 1.29 is 4.74 Å². The normalized spacial score (nSPS) is 14.8. The van der Waals surface area contributed by atoms with Crippen molar-refractivity contribution >= 4 is 33.4 Å². The number of aromatic amines is 1. The summed E-state index contributed by atoms with van der Waals surface area (Å²) in [6.07, 6.45) is 1.69. The van der Waals surface area contributed by atoms with Crippen molar-refractivity contribution in [1.82, 2.24) is 15.0 Å². The molecule has 4 aromatic rings. The number of aromatic nitrogens is 3. The molecule has 0 amide bonds. The number of piperazine rings is 1. The lowest BCUT2D eigenvalue weighted by Crippen LogP contribution is -2.47. The Balaban J connectivity index is 1.44. The summed E-state index contributed by atoms with van der Waals surface area (Å²) in [5, 5.41) is 1.19. The fourth-order valence-electron chi connectivity index (χ4n) is 4.13.